The minimum absolute atomic E-state index is 0.0833. The topological polar surface area (TPSA) is 3.24 Å². The Kier molecular flexibility index (Phi) is 1.70. The van der Waals surface area contributed by atoms with Crippen LogP contribution in [0, 0.1) is 0 Å². The van der Waals surface area contributed by atoms with Crippen molar-refractivity contribution >= 4 is 0 Å². The van der Waals surface area contributed by atoms with E-state index < -0.39 is 6.30 Å². The quantitative estimate of drug-likeness (QED) is 0.475. The molecule has 1 heterocycles. The van der Waals surface area contributed by atoms with Gasteiger partial charge in [-0.25, -0.2) is 0 Å². The third-order valence-corrected chi connectivity index (χ3v) is 1.14. The molecule has 0 bridgehead atoms. The van der Waals surface area contributed by atoms with Crippen molar-refractivity contribution in [2.45, 2.75) is 6.30 Å². The van der Waals surface area contributed by atoms with Gasteiger partial charge < -0.3 is 0 Å². The second-order valence-corrected chi connectivity index (χ2v) is 1.89. The highest BCUT2D eigenvalue weighted by Crippen LogP contribution is 2.22. The van der Waals surface area contributed by atoms with Crippen LogP contribution in [-0.4, -0.2) is 17.7 Å². The van der Waals surface area contributed by atoms with E-state index in [0.717, 1.165) is 6.20 Å². The number of hydrogen-bond acceptors (Lipinski definition) is 1. The van der Waals surface area contributed by atoms with Crippen molar-refractivity contribution in [3.05, 3.63) is 24.4 Å². The predicted octanol–water partition coefficient (Wildman–Crippen LogP) is 1.89. The maximum Gasteiger partial charge on any atom is 0.484 e. The number of rotatable bonds is 0. The summed E-state index contributed by atoms with van der Waals surface area (Å²) < 4.78 is 35.3. The van der Waals surface area contributed by atoms with Crippen LogP contribution in [0.4, 0.5) is 13.2 Å². The van der Waals surface area contributed by atoms with Crippen molar-refractivity contribution in [1.29, 1.82) is 0 Å². The summed E-state index contributed by atoms with van der Waals surface area (Å²) in [5, 5.41) is 0. The Hall–Kier alpha value is -0.930. The van der Waals surface area contributed by atoms with Gasteiger partial charge in [-0.15, -0.1) is 0 Å². The molecule has 0 spiro atoms. The van der Waals surface area contributed by atoms with Crippen LogP contribution >= 0.6 is 0 Å². The normalized spacial score (nSPS) is 18.1. The van der Waals surface area contributed by atoms with Crippen molar-refractivity contribution in [2.24, 2.45) is 0 Å². The van der Waals surface area contributed by atoms with Crippen molar-refractivity contribution in [2.75, 3.05) is 6.54 Å². The van der Waals surface area contributed by atoms with Crippen LogP contribution in [0.15, 0.2) is 24.4 Å². The minimum atomic E-state index is -4.23. The Labute approximate surface area is 56.4 Å². The first kappa shape index (κ1) is 7.18. The lowest BCUT2D eigenvalue weighted by molar-refractivity contribution is -0.224. The predicted molar refractivity (Wildman–Crippen MR) is 31.0 cm³/mol. The molecule has 1 aliphatic rings. The van der Waals surface area contributed by atoms with E-state index in [4.69, 9.17) is 0 Å². The molecule has 0 amide bonds. The van der Waals surface area contributed by atoms with Crippen molar-refractivity contribution in [3.63, 3.8) is 0 Å². The van der Waals surface area contributed by atoms with Gasteiger partial charge in [0, 0.05) is 12.7 Å². The summed E-state index contributed by atoms with van der Waals surface area (Å²) in [7, 11) is 0. The van der Waals surface area contributed by atoms with Gasteiger partial charge in [-0.05, 0) is 6.08 Å². The molecule has 0 unspecified atom stereocenters. The molecule has 0 fully saturated rings. The Bertz CT molecular complexity index is 168. The van der Waals surface area contributed by atoms with E-state index in [1.807, 2.05) is 0 Å². The lowest BCUT2D eigenvalue weighted by Crippen LogP contribution is -2.34. The van der Waals surface area contributed by atoms with E-state index >= 15 is 0 Å². The van der Waals surface area contributed by atoms with E-state index in [9.17, 15) is 13.2 Å². The molecule has 0 saturated heterocycles. The summed E-state index contributed by atoms with van der Waals surface area (Å²) >= 11 is 0. The number of nitrogens with zero attached hydrogens (tertiary/aromatic N) is 1. The standard InChI is InChI=1S/C6H6F3N/c7-6(8,9)10-4-2-1-3-5-10/h1-4H,5H2. The molecule has 0 radical (unpaired) electrons. The smallest absolute Gasteiger partial charge is 0.287 e. The summed E-state index contributed by atoms with van der Waals surface area (Å²) in [6, 6.07) is 0. The number of halogens is 3. The maximum atomic E-state index is 11.8. The average molecular weight is 149 g/mol. The van der Waals surface area contributed by atoms with Gasteiger partial charge in [0.15, 0.2) is 0 Å². The zero-order valence-corrected chi connectivity index (χ0v) is 5.10. The van der Waals surface area contributed by atoms with Crippen LogP contribution in [0.1, 0.15) is 0 Å². The Morgan fingerprint density at radius 1 is 1.20 bits per heavy atom. The third kappa shape index (κ3) is 1.52. The van der Waals surface area contributed by atoms with Gasteiger partial charge >= 0.3 is 6.30 Å². The molecule has 0 atom stereocenters. The van der Waals surface area contributed by atoms with E-state index in [1.165, 1.54) is 12.2 Å². The van der Waals surface area contributed by atoms with E-state index in [2.05, 4.69) is 0 Å². The number of hydrogen-bond donors (Lipinski definition) is 0. The third-order valence-electron chi connectivity index (χ3n) is 1.14. The summed E-state index contributed by atoms with van der Waals surface area (Å²) in [5.41, 5.74) is 0. The van der Waals surface area contributed by atoms with E-state index in [-0.39, 0.29) is 6.54 Å². The van der Waals surface area contributed by atoms with Crippen LogP contribution in [0.2, 0.25) is 0 Å². The molecule has 4 heteroatoms. The molecule has 0 aliphatic carbocycles. The van der Waals surface area contributed by atoms with Gasteiger partial charge in [0.2, 0.25) is 0 Å². The van der Waals surface area contributed by atoms with Crippen LogP contribution in [0.25, 0.3) is 0 Å². The SMILES string of the molecule is FC(F)(F)N1C=CC=CC1. The lowest BCUT2D eigenvalue weighted by atomic mass is 10.4. The molecule has 0 saturated carbocycles. The van der Waals surface area contributed by atoms with Crippen molar-refractivity contribution in [3.8, 4) is 0 Å². The van der Waals surface area contributed by atoms with Gasteiger partial charge in [-0.2, -0.15) is 13.2 Å². The molecule has 1 nitrogen and oxygen atoms in total. The van der Waals surface area contributed by atoms with E-state index in [1.54, 1.807) is 6.08 Å². The fourth-order valence-corrected chi connectivity index (χ4v) is 0.655. The zero-order chi connectivity index (χ0) is 7.61. The van der Waals surface area contributed by atoms with Gasteiger partial charge in [0.1, 0.15) is 0 Å². The summed E-state index contributed by atoms with van der Waals surface area (Å²) in [6.45, 7) is -0.0833. The van der Waals surface area contributed by atoms with Crippen molar-refractivity contribution in [1.82, 2.24) is 4.90 Å². The van der Waals surface area contributed by atoms with Crippen molar-refractivity contribution < 1.29 is 13.2 Å². The highest BCUT2D eigenvalue weighted by molar-refractivity contribution is 5.08. The molecule has 0 aromatic heterocycles. The van der Waals surface area contributed by atoms with Crippen LogP contribution in [-0.2, 0) is 0 Å². The van der Waals surface area contributed by atoms with Crippen LogP contribution in [0.3, 0.4) is 0 Å². The fourth-order valence-electron chi connectivity index (χ4n) is 0.655. The summed E-state index contributed by atoms with van der Waals surface area (Å²) in [5.74, 6) is 0. The largest absolute Gasteiger partial charge is 0.484 e. The van der Waals surface area contributed by atoms with Gasteiger partial charge in [0.25, 0.3) is 0 Å². The number of allylic oxidation sites excluding steroid dienone is 2. The molecule has 56 valence electrons. The molecule has 10 heavy (non-hydrogen) atoms. The van der Waals surface area contributed by atoms with Crippen LogP contribution < -0.4 is 0 Å². The highest BCUT2D eigenvalue weighted by atomic mass is 19.4. The van der Waals surface area contributed by atoms with E-state index in [0.29, 0.717) is 4.90 Å². The molecule has 1 aliphatic heterocycles. The molecule has 0 aromatic carbocycles. The Balaban J connectivity index is 2.60. The fraction of sp³-hybridized carbons (Fsp3) is 0.333. The minimum Gasteiger partial charge on any atom is -0.287 e. The molecular weight excluding hydrogens is 143 g/mol. The molecule has 0 N–H and O–H groups in total. The van der Waals surface area contributed by atoms with Gasteiger partial charge in [0.05, 0.1) is 0 Å². The maximum absolute atomic E-state index is 11.8. The summed E-state index contributed by atoms with van der Waals surface area (Å²) in [4.78, 5) is 0.312. The lowest BCUT2D eigenvalue weighted by Gasteiger charge is -2.22. The monoisotopic (exact) mass is 149 g/mol. The molecular formula is C6H6F3N. The van der Waals surface area contributed by atoms with Gasteiger partial charge in [-0.1, -0.05) is 12.2 Å². The summed E-state index contributed by atoms with van der Waals surface area (Å²) in [6.07, 6.45) is 1.17. The van der Waals surface area contributed by atoms with Crippen LogP contribution in [0.5, 0.6) is 0 Å². The van der Waals surface area contributed by atoms with Gasteiger partial charge in [-0.3, -0.25) is 4.90 Å². The molecule has 1 rings (SSSR count). The highest BCUT2D eigenvalue weighted by Gasteiger charge is 2.34. The first-order chi connectivity index (χ1) is 4.61. The number of alkyl halides is 3. The second kappa shape index (κ2) is 2.36. The first-order valence-electron chi connectivity index (χ1n) is 2.77. The second-order valence-electron chi connectivity index (χ2n) is 1.89. The molecule has 0 aromatic rings. The first-order valence-corrected chi connectivity index (χ1v) is 2.77. The Morgan fingerprint density at radius 3 is 2.20 bits per heavy atom. The zero-order valence-electron chi connectivity index (χ0n) is 5.10. The average Bonchev–Trinajstić information content (AvgIpc) is 1.88. The Morgan fingerprint density at radius 2 is 1.90 bits per heavy atom.